The maximum atomic E-state index is 11.7. The monoisotopic (exact) mass is 344 g/mol. The quantitative estimate of drug-likeness (QED) is 0.513. The molecule has 0 heterocycles. The van der Waals surface area contributed by atoms with Crippen LogP contribution in [-0.4, -0.2) is 37.6 Å². The fourth-order valence-electron chi connectivity index (χ4n) is 2.61. The average molecular weight is 344 g/mol. The Morgan fingerprint density at radius 3 is 2.44 bits per heavy atom. The number of ether oxygens (including phenoxy) is 2. The number of nitro groups is 1. The molecule has 0 spiro atoms. The molecule has 0 bridgehead atoms. The van der Waals surface area contributed by atoms with E-state index in [-0.39, 0.29) is 23.0 Å². The van der Waals surface area contributed by atoms with Crippen molar-refractivity contribution in [2.45, 2.75) is 19.4 Å². The standard InChI is InChI=1S/C19H24N2O4/c1-20(2)13-7-10-16-11-12-17(24-3)19(18(16)21(22)23)25-14-15-8-5-4-6-9-15/h4-6,8-9,11-12H,7,10,13-14H2,1-3H3. The molecule has 25 heavy (non-hydrogen) atoms. The van der Waals surface area contributed by atoms with Gasteiger partial charge in [0.1, 0.15) is 6.61 Å². The van der Waals surface area contributed by atoms with Crippen molar-refractivity contribution in [2.24, 2.45) is 0 Å². The molecule has 2 aromatic rings. The molecule has 0 saturated heterocycles. The van der Waals surface area contributed by atoms with E-state index in [4.69, 9.17) is 9.47 Å². The van der Waals surface area contributed by atoms with Crippen molar-refractivity contribution >= 4 is 5.69 Å². The van der Waals surface area contributed by atoms with Crippen LogP contribution < -0.4 is 9.47 Å². The first-order valence-corrected chi connectivity index (χ1v) is 8.18. The highest BCUT2D eigenvalue weighted by atomic mass is 16.6. The Morgan fingerprint density at radius 2 is 1.84 bits per heavy atom. The van der Waals surface area contributed by atoms with Gasteiger partial charge in [0, 0.05) is 5.56 Å². The van der Waals surface area contributed by atoms with Gasteiger partial charge in [0.05, 0.1) is 12.0 Å². The van der Waals surface area contributed by atoms with E-state index in [2.05, 4.69) is 4.90 Å². The van der Waals surface area contributed by atoms with Gasteiger partial charge in [-0.15, -0.1) is 0 Å². The topological polar surface area (TPSA) is 64.8 Å². The molecule has 0 unspecified atom stereocenters. The molecule has 0 aliphatic heterocycles. The van der Waals surface area contributed by atoms with Crippen LogP contribution in [0.15, 0.2) is 42.5 Å². The molecule has 0 N–H and O–H groups in total. The van der Waals surface area contributed by atoms with E-state index in [1.54, 1.807) is 12.1 Å². The molecule has 6 heteroatoms. The highest BCUT2D eigenvalue weighted by Gasteiger charge is 2.25. The Bertz CT molecular complexity index is 702. The van der Waals surface area contributed by atoms with Crippen LogP contribution in [0.5, 0.6) is 11.5 Å². The van der Waals surface area contributed by atoms with E-state index in [0.717, 1.165) is 18.5 Å². The van der Waals surface area contributed by atoms with Crippen molar-refractivity contribution < 1.29 is 14.4 Å². The van der Waals surface area contributed by atoms with Crippen molar-refractivity contribution in [3.63, 3.8) is 0 Å². The van der Waals surface area contributed by atoms with Gasteiger partial charge in [-0.25, -0.2) is 0 Å². The molecule has 6 nitrogen and oxygen atoms in total. The number of methoxy groups -OCH3 is 1. The molecule has 0 radical (unpaired) electrons. The molecule has 0 aliphatic carbocycles. The lowest BCUT2D eigenvalue weighted by Gasteiger charge is -2.14. The number of benzene rings is 2. The third kappa shape index (κ3) is 5.19. The van der Waals surface area contributed by atoms with Gasteiger partial charge in [-0.05, 0) is 51.2 Å². The number of rotatable bonds is 9. The first-order chi connectivity index (χ1) is 12.0. The first kappa shape index (κ1) is 18.7. The lowest BCUT2D eigenvalue weighted by atomic mass is 10.1. The van der Waals surface area contributed by atoms with Crippen LogP contribution in [0.3, 0.4) is 0 Å². The van der Waals surface area contributed by atoms with Gasteiger partial charge in [-0.1, -0.05) is 30.3 Å². The summed E-state index contributed by atoms with van der Waals surface area (Å²) in [6.45, 7) is 1.11. The molecule has 134 valence electrons. The number of aryl methyl sites for hydroxylation is 1. The summed E-state index contributed by atoms with van der Waals surface area (Å²) < 4.78 is 11.1. The smallest absolute Gasteiger partial charge is 0.318 e. The highest BCUT2D eigenvalue weighted by Crippen LogP contribution is 2.40. The van der Waals surface area contributed by atoms with Crippen molar-refractivity contribution in [3.05, 3.63) is 63.7 Å². The van der Waals surface area contributed by atoms with Gasteiger partial charge in [0.15, 0.2) is 5.75 Å². The molecule has 0 atom stereocenters. The Kier molecular flexibility index (Phi) is 6.77. The Morgan fingerprint density at radius 1 is 1.12 bits per heavy atom. The maximum Gasteiger partial charge on any atom is 0.318 e. The summed E-state index contributed by atoms with van der Waals surface area (Å²) in [6, 6.07) is 13.0. The third-order valence-electron chi connectivity index (χ3n) is 3.86. The van der Waals surface area contributed by atoms with E-state index in [1.807, 2.05) is 44.4 Å². The van der Waals surface area contributed by atoms with Crippen LogP contribution in [0.2, 0.25) is 0 Å². The zero-order valence-electron chi connectivity index (χ0n) is 14.9. The second-order valence-electron chi connectivity index (χ2n) is 6.04. The van der Waals surface area contributed by atoms with Crippen LogP contribution in [-0.2, 0) is 13.0 Å². The SMILES string of the molecule is COc1ccc(CCCN(C)C)c([N+](=O)[O-])c1OCc1ccccc1. The number of hydrogen-bond donors (Lipinski definition) is 0. The molecule has 0 amide bonds. The largest absolute Gasteiger partial charge is 0.493 e. The van der Waals surface area contributed by atoms with Gasteiger partial charge in [-0.2, -0.15) is 0 Å². The predicted molar refractivity (Wildman–Crippen MR) is 97.3 cm³/mol. The van der Waals surface area contributed by atoms with Crippen molar-refractivity contribution in [1.29, 1.82) is 0 Å². The van der Waals surface area contributed by atoms with E-state index in [9.17, 15) is 10.1 Å². The third-order valence-corrected chi connectivity index (χ3v) is 3.86. The second kappa shape index (κ2) is 9.03. The van der Waals surface area contributed by atoms with E-state index >= 15 is 0 Å². The maximum absolute atomic E-state index is 11.7. The van der Waals surface area contributed by atoms with Crippen LogP contribution in [0.1, 0.15) is 17.5 Å². The Balaban J connectivity index is 2.28. The zero-order valence-corrected chi connectivity index (χ0v) is 14.9. The van der Waals surface area contributed by atoms with Gasteiger partial charge in [-0.3, -0.25) is 10.1 Å². The minimum absolute atomic E-state index is 0.00552. The normalized spacial score (nSPS) is 10.7. The van der Waals surface area contributed by atoms with Gasteiger partial charge in [0.2, 0.25) is 5.75 Å². The minimum Gasteiger partial charge on any atom is -0.493 e. The van der Waals surface area contributed by atoms with E-state index in [0.29, 0.717) is 17.7 Å². The van der Waals surface area contributed by atoms with Crippen LogP contribution in [0.25, 0.3) is 0 Å². The molecule has 0 aromatic heterocycles. The van der Waals surface area contributed by atoms with E-state index in [1.165, 1.54) is 7.11 Å². The fraction of sp³-hybridized carbons (Fsp3) is 0.368. The second-order valence-corrected chi connectivity index (χ2v) is 6.04. The molecule has 0 saturated carbocycles. The summed E-state index contributed by atoms with van der Waals surface area (Å²) in [4.78, 5) is 13.4. The number of nitrogens with zero attached hydrogens (tertiary/aromatic N) is 2. The highest BCUT2D eigenvalue weighted by molar-refractivity contribution is 5.60. The van der Waals surface area contributed by atoms with Crippen LogP contribution in [0.4, 0.5) is 5.69 Å². The minimum atomic E-state index is -0.381. The summed E-state index contributed by atoms with van der Waals surface area (Å²) in [6.07, 6.45) is 1.44. The fourth-order valence-corrected chi connectivity index (χ4v) is 2.61. The van der Waals surface area contributed by atoms with Crippen molar-refractivity contribution in [2.75, 3.05) is 27.7 Å². The van der Waals surface area contributed by atoms with Crippen LogP contribution in [0, 0.1) is 10.1 Å². The molecular weight excluding hydrogens is 320 g/mol. The molecule has 0 aliphatic rings. The van der Waals surface area contributed by atoms with Crippen molar-refractivity contribution in [3.8, 4) is 11.5 Å². The summed E-state index contributed by atoms with van der Waals surface area (Å²) in [5.74, 6) is 0.567. The molecule has 2 rings (SSSR count). The summed E-state index contributed by atoms with van der Waals surface area (Å²) >= 11 is 0. The van der Waals surface area contributed by atoms with Crippen molar-refractivity contribution in [1.82, 2.24) is 4.90 Å². The van der Waals surface area contributed by atoms with Crippen LogP contribution >= 0.6 is 0 Å². The number of hydrogen-bond acceptors (Lipinski definition) is 5. The van der Waals surface area contributed by atoms with Gasteiger partial charge < -0.3 is 14.4 Å². The lowest BCUT2D eigenvalue weighted by molar-refractivity contribution is -0.386. The summed E-state index contributed by atoms with van der Waals surface area (Å²) in [5, 5.41) is 11.7. The first-order valence-electron chi connectivity index (χ1n) is 8.18. The molecule has 2 aromatic carbocycles. The summed E-state index contributed by atoms with van der Waals surface area (Å²) in [7, 11) is 5.45. The predicted octanol–water partition coefficient (Wildman–Crippen LogP) is 3.68. The van der Waals surface area contributed by atoms with Gasteiger partial charge in [0.25, 0.3) is 0 Å². The van der Waals surface area contributed by atoms with E-state index < -0.39 is 0 Å². The molecule has 0 fully saturated rings. The Labute approximate surface area is 148 Å². The lowest BCUT2D eigenvalue weighted by Crippen LogP contribution is -2.14. The Hall–Kier alpha value is -2.60. The number of nitro benzene ring substituents is 1. The summed E-state index contributed by atoms with van der Waals surface area (Å²) in [5.41, 5.74) is 1.60. The van der Waals surface area contributed by atoms with Gasteiger partial charge >= 0.3 is 5.69 Å². The molecular formula is C19H24N2O4. The zero-order chi connectivity index (χ0) is 18.2. The average Bonchev–Trinajstić information content (AvgIpc) is 2.60.